The predicted molar refractivity (Wildman–Crippen MR) is 109 cm³/mol. The highest BCUT2D eigenvalue weighted by Crippen LogP contribution is 2.21. The third-order valence-electron chi connectivity index (χ3n) is 4.43. The largest absolute Gasteiger partial charge is 0.423 e. The average Bonchev–Trinajstić information content (AvgIpc) is 3.24. The zero-order valence-electron chi connectivity index (χ0n) is 15.7. The quantitative estimate of drug-likeness (QED) is 0.483. The van der Waals surface area contributed by atoms with Crippen molar-refractivity contribution >= 4 is 0 Å². The molecule has 3 aromatic carbocycles. The maximum Gasteiger partial charge on any atom is 0.345 e. The van der Waals surface area contributed by atoms with Gasteiger partial charge in [-0.3, -0.25) is 0 Å². The van der Waals surface area contributed by atoms with E-state index in [1.807, 2.05) is 84.9 Å². The molecule has 0 amide bonds. The zero-order chi connectivity index (χ0) is 19.9. The Morgan fingerprint density at radius 3 is 2.31 bits per heavy atom. The van der Waals surface area contributed by atoms with Crippen molar-refractivity contribution < 1.29 is 9.84 Å². The molecule has 0 aliphatic heterocycles. The summed E-state index contributed by atoms with van der Waals surface area (Å²) in [5.74, 6) is 0.644. The van der Waals surface area contributed by atoms with Gasteiger partial charge < -0.3 is 15.2 Å². The molecule has 0 aliphatic rings. The molecule has 1 aromatic heterocycles. The molecule has 0 aliphatic carbocycles. The zero-order valence-corrected chi connectivity index (χ0v) is 15.7. The number of para-hydroxylation sites is 1. The van der Waals surface area contributed by atoms with Crippen molar-refractivity contribution in [1.29, 1.82) is 0 Å². The normalized spacial score (nSPS) is 11.9. The average molecular weight is 387 g/mol. The number of nitrogens with one attached hydrogen (secondary N) is 1. The Labute approximate surface area is 168 Å². The van der Waals surface area contributed by atoms with Crippen molar-refractivity contribution in [2.75, 3.05) is 6.54 Å². The van der Waals surface area contributed by atoms with Gasteiger partial charge in [0, 0.05) is 13.1 Å². The lowest BCUT2D eigenvalue weighted by Gasteiger charge is -2.12. The lowest BCUT2D eigenvalue weighted by Crippen LogP contribution is -2.20. The number of aromatic nitrogens is 4. The van der Waals surface area contributed by atoms with Crippen LogP contribution in [0, 0.1) is 0 Å². The summed E-state index contributed by atoms with van der Waals surface area (Å²) in [5.41, 5.74) is 2.81. The van der Waals surface area contributed by atoms with E-state index in [1.54, 1.807) is 4.68 Å². The number of tetrazole rings is 1. The van der Waals surface area contributed by atoms with E-state index in [9.17, 15) is 5.11 Å². The molecule has 4 aromatic rings. The van der Waals surface area contributed by atoms with E-state index in [0.29, 0.717) is 24.8 Å². The van der Waals surface area contributed by atoms with Crippen LogP contribution in [0.4, 0.5) is 0 Å². The first kappa shape index (κ1) is 18.8. The van der Waals surface area contributed by atoms with Gasteiger partial charge in [-0.05, 0) is 45.8 Å². The van der Waals surface area contributed by atoms with Crippen LogP contribution in [0.1, 0.15) is 17.2 Å². The third-order valence-corrected chi connectivity index (χ3v) is 4.43. The second-order valence-corrected chi connectivity index (χ2v) is 6.51. The van der Waals surface area contributed by atoms with Gasteiger partial charge in [0.25, 0.3) is 0 Å². The van der Waals surface area contributed by atoms with Gasteiger partial charge in [0.1, 0.15) is 5.75 Å². The number of hydrogen-bond acceptors (Lipinski definition) is 6. The SMILES string of the molecule is OC(CNCc1ccc(Oc2nnnn2-c2ccccc2)cc1)c1ccccc1. The van der Waals surface area contributed by atoms with E-state index in [2.05, 4.69) is 20.8 Å². The Kier molecular flexibility index (Phi) is 5.89. The van der Waals surface area contributed by atoms with E-state index < -0.39 is 6.10 Å². The summed E-state index contributed by atoms with van der Waals surface area (Å²) in [5, 5.41) is 25.1. The topological polar surface area (TPSA) is 85.1 Å². The number of hydrogen-bond donors (Lipinski definition) is 2. The minimum atomic E-state index is -0.532. The van der Waals surface area contributed by atoms with Crippen LogP contribution in [0.3, 0.4) is 0 Å². The first-order chi connectivity index (χ1) is 14.3. The predicted octanol–water partition coefficient (Wildman–Crippen LogP) is 3.28. The van der Waals surface area contributed by atoms with Gasteiger partial charge in [-0.25, -0.2) is 0 Å². The van der Waals surface area contributed by atoms with Crippen LogP contribution in [-0.4, -0.2) is 31.9 Å². The molecule has 4 rings (SSSR count). The van der Waals surface area contributed by atoms with Gasteiger partial charge in [-0.15, -0.1) is 0 Å². The molecule has 0 radical (unpaired) electrons. The maximum atomic E-state index is 10.2. The fourth-order valence-corrected chi connectivity index (χ4v) is 2.90. The van der Waals surface area contributed by atoms with Gasteiger partial charge >= 0.3 is 6.01 Å². The van der Waals surface area contributed by atoms with Crippen molar-refractivity contribution in [3.63, 3.8) is 0 Å². The molecule has 1 heterocycles. The van der Waals surface area contributed by atoms with Gasteiger partial charge in [-0.1, -0.05) is 65.8 Å². The van der Waals surface area contributed by atoms with Crippen molar-refractivity contribution in [3.8, 4) is 17.4 Å². The molecule has 29 heavy (non-hydrogen) atoms. The maximum absolute atomic E-state index is 10.2. The standard InChI is InChI=1S/C22H21N5O2/c28-21(18-7-3-1-4-8-18)16-23-15-17-11-13-20(14-12-17)29-22-24-25-26-27(22)19-9-5-2-6-10-19/h1-14,21,23,28H,15-16H2. The summed E-state index contributed by atoms with van der Waals surface area (Å²) in [6, 6.07) is 27.2. The van der Waals surface area contributed by atoms with Crippen molar-refractivity contribution in [2.24, 2.45) is 0 Å². The molecule has 0 spiro atoms. The molecular formula is C22H21N5O2. The van der Waals surface area contributed by atoms with E-state index in [1.165, 1.54) is 0 Å². The summed E-state index contributed by atoms with van der Waals surface area (Å²) in [4.78, 5) is 0. The van der Waals surface area contributed by atoms with E-state index in [4.69, 9.17) is 4.74 Å². The second-order valence-electron chi connectivity index (χ2n) is 6.51. The first-order valence-electron chi connectivity index (χ1n) is 9.34. The highest BCUT2D eigenvalue weighted by atomic mass is 16.5. The summed E-state index contributed by atoms with van der Waals surface area (Å²) < 4.78 is 7.37. The fourth-order valence-electron chi connectivity index (χ4n) is 2.90. The molecule has 7 heteroatoms. The van der Waals surface area contributed by atoms with Crippen molar-refractivity contribution in [3.05, 3.63) is 96.1 Å². The number of benzene rings is 3. The minimum Gasteiger partial charge on any atom is -0.423 e. The van der Waals surface area contributed by atoms with Crippen LogP contribution in [0.2, 0.25) is 0 Å². The summed E-state index contributed by atoms with van der Waals surface area (Å²) in [7, 11) is 0. The Bertz CT molecular complexity index is 1020. The highest BCUT2D eigenvalue weighted by Gasteiger charge is 2.10. The van der Waals surface area contributed by atoms with Crippen LogP contribution < -0.4 is 10.1 Å². The Hall–Kier alpha value is -3.55. The molecule has 146 valence electrons. The third kappa shape index (κ3) is 4.84. The summed E-state index contributed by atoms with van der Waals surface area (Å²) in [6.07, 6.45) is -0.532. The number of nitrogens with zero attached hydrogens (tertiary/aromatic N) is 4. The first-order valence-corrected chi connectivity index (χ1v) is 9.34. The number of aliphatic hydroxyl groups is 1. The van der Waals surface area contributed by atoms with E-state index in [-0.39, 0.29) is 0 Å². The van der Waals surface area contributed by atoms with Crippen LogP contribution in [0.25, 0.3) is 5.69 Å². The molecule has 7 nitrogen and oxygen atoms in total. The Morgan fingerprint density at radius 1 is 0.897 bits per heavy atom. The van der Waals surface area contributed by atoms with Gasteiger partial charge in [0.05, 0.1) is 11.8 Å². The van der Waals surface area contributed by atoms with Crippen molar-refractivity contribution in [2.45, 2.75) is 12.6 Å². The Morgan fingerprint density at radius 2 is 1.59 bits per heavy atom. The molecule has 0 saturated carbocycles. The minimum absolute atomic E-state index is 0.299. The molecule has 0 bridgehead atoms. The van der Waals surface area contributed by atoms with E-state index in [0.717, 1.165) is 16.8 Å². The highest BCUT2D eigenvalue weighted by molar-refractivity contribution is 5.34. The Balaban J connectivity index is 1.33. The number of ether oxygens (including phenoxy) is 1. The lowest BCUT2D eigenvalue weighted by molar-refractivity contribution is 0.174. The molecule has 0 fully saturated rings. The molecule has 1 unspecified atom stereocenters. The van der Waals surface area contributed by atoms with Gasteiger partial charge in [-0.2, -0.15) is 4.68 Å². The van der Waals surface area contributed by atoms with E-state index >= 15 is 0 Å². The number of aliphatic hydroxyl groups excluding tert-OH is 1. The van der Waals surface area contributed by atoms with Crippen LogP contribution in [0.5, 0.6) is 11.8 Å². The van der Waals surface area contributed by atoms with Gasteiger partial charge in [0.15, 0.2) is 0 Å². The molecule has 0 saturated heterocycles. The summed E-state index contributed by atoms with van der Waals surface area (Å²) in [6.45, 7) is 1.13. The molecule has 2 N–H and O–H groups in total. The fraction of sp³-hybridized carbons (Fsp3) is 0.136. The second kappa shape index (κ2) is 9.09. The number of rotatable bonds is 8. The smallest absolute Gasteiger partial charge is 0.345 e. The van der Waals surface area contributed by atoms with Crippen LogP contribution in [-0.2, 0) is 6.54 Å². The van der Waals surface area contributed by atoms with Crippen LogP contribution in [0.15, 0.2) is 84.9 Å². The van der Waals surface area contributed by atoms with Gasteiger partial charge in [0.2, 0.25) is 0 Å². The lowest BCUT2D eigenvalue weighted by atomic mass is 10.1. The summed E-state index contributed by atoms with van der Waals surface area (Å²) >= 11 is 0. The van der Waals surface area contributed by atoms with Crippen LogP contribution >= 0.6 is 0 Å². The molecular weight excluding hydrogens is 366 g/mol. The van der Waals surface area contributed by atoms with Crippen molar-refractivity contribution in [1.82, 2.24) is 25.5 Å². The molecule has 1 atom stereocenters. The monoisotopic (exact) mass is 387 g/mol.